The Morgan fingerprint density at radius 3 is 2.36 bits per heavy atom. The SMILES string of the molecule is CC(C)C(C)(C)n1cncn1. The molecule has 0 aromatic carbocycles. The van der Waals surface area contributed by atoms with E-state index in [2.05, 4.69) is 37.8 Å². The van der Waals surface area contributed by atoms with Crippen molar-refractivity contribution in [2.24, 2.45) is 5.92 Å². The third-order valence-electron chi connectivity index (χ3n) is 2.42. The summed E-state index contributed by atoms with van der Waals surface area (Å²) in [6, 6.07) is 0. The standard InChI is InChI=1S/C8H15N3/c1-7(2)8(3,4)11-6-9-5-10-11/h5-7H,1-4H3. The van der Waals surface area contributed by atoms with Gasteiger partial charge < -0.3 is 0 Å². The average Bonchev–Trinajstić information content (AvgIpc) is 2.37. The molecule has 1 aromatic heterocycles. The van der Waals surface area contributed by atoms with Crippen molar-refractivity contribution in [2.75, 3.05) is 0 Å². The summed E-state index contributed by atoms with van der Waals surface area (Å²) in [6.45, 7) is 8.68. The quantitative estimate of drug-likeness (QED) is 0.647. The molecule has 1 rings (SSSR count). The van der Waals surface area contributed by atoms with Crippen LogP contribution in [-0.2, 0) is 5.54 Å². The normalized spacial score (nSPS) is 12.5. The Bertz CT molecular complexity index is 211. The minimum absolute atomic E-state index is 0.0660. The van der Waals surface area contributed by atoms with Crippen LogP contribution in [0.2, 0.25) is 0 Å². The first kappa shape index (κ1) is 8.24. The molecule has 0 saturated heterocycles. The maximum Gasteiger partial charge on any atom is 0.137 e. The van der Waals surface area contributed by atoms with E-state index in [0.717, 1.165) is 0 Å². The van der Waals surface area contributed by atoms with Crippen molar-refractivity contribution >= 4 is 0 Å². The third kappa shape index (κ3) is 1.42. The first-order chi connectivity index (χ1) is 5.05. The summed E-state index contributed by atoms with van der Waals surface area (Å²) in [5.41, 5.74) is 0.0660. The molecule has 0 fully saturated rings. The molecule has 0 aliphatic carbocycles. The molecular weight excluding hydrogens is 138 g/mol. The van der Waals surface area contributed by atoms with Crippen molar-refractivity contribution in [2.45, 2.75) is 33.2 Å². The molecule has 1 aromatic rings. The lowest BCUT2D eigenvalue weighted by Gasteiger charge is -2.28. The molecule has 11 heavy (non-hydrogen) atoms. The van der Waals surface area contributed by atoms with Gasteiger partial charge in [0.25, 0.3) is 0 Å². The molecule has 0 bridgehead atoms. The Labute approximate surface area is 67.4 Å². The van der Waals surface area contributed by atoms with Gasteiger partial charge in [0.2, 0.25) is 0 Å². The van der Waals surface area contributed by atoms with Gasteiger partial charge in [-0.2, -0.15) is 5.10 Å². The zero-order valence-electron chi connectivity index (χ0n) is 7.57. The maximum absolute atomic E-state index is 4.11. The molecule has 3 nitrogen and oxygen atoms in total. The van der Waals surface area contributed by atoms with E-state index < -0.39 is 0 Å². The van der Waals surface area contributed by atoms with Crippen molar-refractivity contribution in [1.29, 1.82) is 0 Å². The molecule has 0 amide bonds. The van der Waals surface area contributed by atoms with E-state index in [0.29, 0.717) is 5.92 Å². The van der Waals surface area contributed by atoms with E-state index in [1.165, 1.54) is 0 Å². The Morgan fingerprint density at radius 2 is 2.00 bits per heavy atom. The van der Waals surface area contributed by atoms with Gasteiger partial charge in [-0.15, -0.1) is 0 Å². The van der Waals surface area contributed by atoms with Gasteiger partial charge in [0.15, 0.2) is 0 Å². The van der Waals surface area contributed by atoms with Crippen molar-refractivity contribution in [3.8, 4) is 0 Å². The zero-order chi connectivity index (χ0) is 8.48. The number of aromatic nitrogens is 3. The van der Waals surface area contributed by atoms with Crippen molar-refractivity contribution in [3.05, 3.63) is 12.7 Å². The molecule has 0 aliphatic heterocycles. The lowest BCUT2D eigenvalue weighted by Crippen LogP contribution is -2.32. The highest BCUT2D eigenvalue weighted by Crippen LogP contribution is 2.22. The second-order valence-electron chi connectivity index (χ2n) is 3.65. The highest BCUT2D eigenvalue weighted by atomic mass is 15.3. The first-order valence-electron chi connectivity index (χ1n) is 3.90. The molecule has 0 atom stereocenters. The van der Waals surface area contributed by atoms with Crippen LogP contribution in [0.25, 0.3) is 0 Å². The van der Waals surface area contributed by atoms with Gasteiger partial charge in [0, 0.05) is 0 Å². The Balaban J connectivity index is 2.90. The van der Waals surface area contributed by atoms with E-state index >= 15 is 0 Å². The number of hydrogen-bond acceptors (Lipinski definition) is 2. The summed E-state index contributed by atoms with van der Waals surface area (Å²) in [4.78, 5) is 3.92. The minimum atomic E-state index is 0.0660. The molecule has 62 valence electrons. The molecule has 0 radical (unpaired) electrons. The van der Waals surface area contributed by atoms with Crippen LogP contribution in [0.1, 0.15) is 27.7 Å². The molecule has 0 aliphatic rings. The topological polar surface area (TPSA) is 30.7 Å². The van der Waals surface area contributed by atoms with E-state index in [1.807, 2.05) is 4.68 Å². The molecular formula is C8H15N3. The van der Waals surface area contributed by atoms with E-state index in [9.17, 15) is 0 Å². The molecule has 0 unspecified atom stereocenters. The van der Waals surface area contributed by atoms with Crippen molar-refractivity contribution < 1.29 is 0 Å². The molecule has 0 spiro atoms. The van der Waals surface area contributed by atoms with Crippen LogP contribution in [0.5, 0.6) is 0 Å². The van der Waals surface area contributed by atoms with Crippen molar-refractivity contribution in [3.63, 3.8) is 0 Å². The number of hydrogen-bond donors (Lipinski definition) is 0. The van der Waals surface area contributed by atoms with Crippen LogP contribution in [0.3, 0.4) is 0 Å². The fourth-order valence-corrected chi connectivity index (χ4v) is 0.770. The maximum atomic E-state index is 4.11. The van der Waals surface area contributed by atoms with Gasteiger partial charge in [-0.3, -0.25) is 0 Å². The predicted octanol–water partition coefficient (Wildman–Crippen LogP) is 1.67. The van der Waals surface area contributed by atoms with Gasteiger partial charge in [-0.1, -0.05) is 13.8 Å². The lowest BCUT2D eigenvalue weighted by atomic mass is 9.91. The number of rotatable bonds is 2. The van der Waals surface area contributed by atoms with Gasteiger partial charge in [0.1, 0.15) is 12.7 Å². The highest BCUT2D eigenvalue weighted by molar-refractivity contribution is 4.79. The zero-order valence-corrected chi connectivity index (χ0v) is 7.57. The van der Waals surface area contributed by atoms with E-state index in [1.54, 1.807) is 12.7 Å². The fraction of sp³-hybridized carbons (Fsp3) is 0.750. The van der Waals surface area contributed by atoms with Gasteiger partial charge in [-0.25, -0.2) is 9.67 Å². The number of nitrogens with zero attached hydrogens (tertiary/aromatic N) is 3. The molecule has 1 heterocycles. The van der Waals surface area contributed by atoms with Crippen LogP contribution in [-0.4, -0.2) is 14.8 Å². The summed E-state index contributed by atoms with van der Waals surface area (Å²) in [6.07, 6.45) is 3.34. The molecule has 3 heteroatoms. The highest BCUT2D eigenvalue weighted by Gasteiger charge is 2.24. The summed E-state index contributed by atoms with van der Waals surface area (Å²) in [5.74, 6) is 0.559. The van der Waals surface area contributed by atoms with Crippen LogP contribution in [0.15, 0.2) is 12.7 Å². The van der Waals surface area contributed by atoms with Gasteiger partial charge in [-0.05, 0) is 19.8 Å². The summed E-state index contributed by atoms with van der Waals surface area (Å²) in [7, 11) is 0. The average molecular weight is 153 g/mol. The van der Waals surface area contributed by atoms with Crippen LogP contribution in [0.4, 0.5) is 0 Å². The Hall–Kier alpha value is -0.860. The molecule has 0 saturated carbocycles. The van der Waals surface area contributed by atoms with E-state index in [4.69, 9.17) is 0 Å². The van der Waals surface area contributed by atoms with E-state index in [-0.39, 0.29) is 5.54 Å². The second-order valence-corrected chi connectivity index (χ2v) is 3.65. The minimum Gasteiger partial charge on any atom is -0.247 e. The molecule has 0 N–H and O–H groups in total. The van der Waals surface area contributed by atoms with Crippen LogP contribution in [0, 0.1) is 5.92 Å². The lowest BCUT2D eigenvalue weighted by molar-refractivity contribution is 0.225. The Kier molecular flexibility index (Phi) is 1.98. The van der Waals surface area contributed by atoms with Crippen molar-refractivity contribution in [1.82, 2.24) is 14.8 Å². The second kappa shape index (κ2) is 2.64. The van der Waals surface area contributed by atoms with Gasteiger partial charge >= 0.3 is 0 Å². The van der Waals surface area contributed by atoms with Crippen LogP contribution >= 0.6 is 0 Å². The van der Waals surface area contributed by atoms with Gasteiger partial charge in [0.05, 0.1) is 5.54 Å². The fourth-order valence-electron chi connectivity index (χ4n) is 0.770. The summed E-state index contributed by atoms with van der Waals surface area (Å²) in [5, 5.41) is 4.11. The monoisotopic (exact) mass is 153 g/mol. The smallest absolute Gasteiger partial charge is 0.137 e. The largest absolute Gasteiger partial charge is 0.247 e. The first-order valence-corrected chi connectivity index (χ1v) is 3.90. The third-order valence-corrected chi connectivity index (χ3v) is 2.42. The summed E-state index contributed by atoms with van der Waals surface area (Å²) >= 11 is 0. The Morgan fingerprint density at radius 1 is 1.36 bits per heavy atom. The summed E-state index contributed by atoms with van der Waals surface area (Å²) < 4.78 is 1.90. The predicted molar refractivity (Wildman–Crippen MR) is 44.2 cm³/mol. The van der Waals surface area contributed by atoms with Crippen LogP contribution < -0.4 is 0 Å².